The van der Waals surface area contributed by atoms with E-state index in [4.69, 9.17) is 4.74 Å². The van der Waals surface area contributed by atoms with E-state index in [2.05, 4.69) is 45.9 Å². The highest BCUT2D eigenvalue weighted by Crippen LogP contribution is 2.49. The largest absolute Gasteiger partial charge is 0.673 e. The van der Waals surface area contributed by atoms with Gasteiger partial charge in [0.05, 0.1) is 23.4 Å². The lowest BCUT2D eigenvalue weighted by molar-refractivity contribution is 0.338. The predicted octanol–water partition coefficient (Wildman–Crippen LogP) is 6.38. The van der Waals surface area contributed by atoms with Crippen molar-refractivity contribution in [2.75, 3.05) is 12.4 Å². The number of fused-ring (bicyclic) bond motifs is 1. The Kier molecular flexibility index (Phi) is 6.46. The fraction of sp³-hybridized carbons (Fsp3) is 0.200. The van der Waals surface area contributed by atoms with Crippen LogP contribution in [-0.4, -0.2) is 19.6 Å². The Morgan fingerprint density at radius 1 is 1.04 bits per heavy atom. The summed E-state index contributed by atoms with van der Waals surface area (Å²) in [5.41, 5.74) is 1.39. The molecule has 0 aromatic heterocycles. The van der Waals surface area contributed by atoms with Gasteiger partial charge in [0.25, 0.3) is 0 Å². The van der Waals surface area contributed by atoms with Gasteiger partial charge in [-0.15, -0.1) is 0 Å². The highest BCUT2D eigenvalue weighted by molar-refractivity contribution is 8.32. The topological polar surface area (TPSA) is 9.23 Å². The highest BCUT2D eigenvalue weighted by Gasteiger charge is 2.37. The third kappa shape index (κ3) is 5.45. The number of halogens is 4. The maximum Gasteiger partial charge on any atom is 0.673 e. The molecule has 2 unspecified atom stereocenters. The normalized spacial score (nSPS) is 24.2. The molecule has 2 atom stereocenters. The zero-order valence-electron chi connectivity index (χ0n) is 12.7. The first-order valence-electron chi connectivity index (χ1n) is 7.26. The van der Waals surface area contributed by atoms with Crippen molar-refractivity contribution in [1.29, 1.82) is 0 Å². The number of hydrogen-bond donors (Lipinski definition) is 0. The summed E-state index contributed by atoms with van der Waals surface area (Å²) < 4.78 is 47.8. The van der Waals surface area contributed by atoms with E-state index in [1.807, 2.05) is 35.3 Å². The van der Waals surface area contributed by atoms with E-state index in [9.17, 15) is 17.3 Å². The molecule has 3 aliphatic rings. The van der Waals surface area contributed by atoms with Crippen molar-refractivity contribution >= 4 is 53.4 Å². The van der Waals surface area contributed by atoms with Gasteiger partial charge in [0.15, 0.2) is 0 Å². The molecule has 0 N–H and O–H groups in total. The van der Waals surface area contributed by atoms with E-state index in [-0.39, 0.29) is 10.9 Å². The van der Waals surface area contributed by atoms with Gasteiger partial charge in [0, 0.05) is 11.0 Å². The molecule has 1 nitrogen and oxygen atoms in total. The van der Waals surface area contributed by atoms with Crippen LogP contribution in [0, 0.1) is 0 Å². The molecule has 0 radical (unpaired) electrons. The zero-order valence-corrected chi connectivity index (χ0v) is 16.0. The van der Waals surface area contributed by atoms with Crippen LogP contribution in [0.25, 0.3) is 0 Å². The van der Waals surface area contributed by atoms with Crippen LogP contribution in [0.15, 0.2) is 54.4 Å². The lowest BCUT2D eigenvalue weighted by Gasteiger charge is -2.08. The second-order valence-electron chi connectivity index (χ2n) is 5.11. The number of hydrogen-bond acceptors (Lipinski definition) is 4. The fourth-order valence-electron chi connectivity index (χ4n) is 2.45. The van der Waals surface area contributed by atoms with Gasteiger partial charge in [0.1, 0.15) is 21.1 Å². The van der Waals surface area contributed by atoms with Gasteiger partial charge in [-0.1, -0.05) is 41.7 Å². The monoisotopic (exact) mass is 424 g/mol. The summed E-state index contributed by atoms with van der Waals surface area (Å²) in [5, 5.41) is 9.00. The molecule has 3 heterocycles. The van der Waals surface area contributed by atoms with Gasteiger partial charge in [-0.05, 0) is 28.6 Å². The average molecular weight is 424 g/mol. The Bertz CT molecular complexity index is 704. The average Bonchev–Trinajstić information content (AvgIpc) is 3.26. The molecule has 0 fully saturated rings. The van der Waals surface area contributed by atoms with Crippen molar-refractivity contribution in [1.82, 2.24) is 0 Å². The minimum atomic E-state index is -6.00. The zero-order chi connectivity index (χ0) is 17.9. The van der Waals surface area contributed by atoms with E-state index < -0.39 is 7.25 Å². The molecular formula is C15H13BF4OS4. The summed E-state index contributed by atoms with van der Waals surface area (Å²) in [6.45, 7) is 0.836. The lowest BCUT2D eigenvalue weighted by atomic mass is 10.0. The summed E-state index contributed by atoms with van der Waals surface area (Å²) >= 11 is 5.63. The first-order chi connectivity index (χ1) is 11.9. The smallest absolute Gasteiger partial charge is 0.492 e. The minimum Gasteiger partial charge on any atom is -0.492 e. The van der Waals surface area contributed by atoms with Crippen molar-refractivity contribution < 1.29 is 22.0 Å². The lowest BCUT2D eigenvalue weighted by Crippen LogP contribution is -2.14. The van der Waals surface area contributed by atoms with E-state index in [1.54, 1.807) is 4.24 Å². The van der Waals surface area contributed by atoms with Gasteiger partial charge in [-0.3, -0.25) is 0 Å². The third-order valence-corrected chi connectivity index (χ3v) is 9.73. The van der Waals surface area contributed by atoms with E-state index in [1.165, 1.54) is 15.6 Å². The minimum absolute atomic E-state index is 0.248. The molecule has 134 valence electrons. The van der Waals surface area contributed by atoms with E-state index >= 15 is 0 Å². The van der Waals surface area contributed by atoms with Crippen LogP contribution in [0.3, 0.4) is 0 Å². The van der Waals surface area contributed by atoms with Crippen molar-refractivity contribution in [2.45, 2.75) is 5.92 Å². The summed E-state index contributed by atoms with van der Waals surface area (Å²) in [4.78, 5) is 0. The van der Waals surface area contributed by atoms with Crippen molar-refractivity contribution in [3.05, 3.63) is 59.9 Å². The first kappa shape index (κ1) is 19.2. The molecule has 1 aromatic carbocycles. The van der Waals surface area contributed by atoms with Crippen molar-refractivity contribution in [3.8, 4) is 5.75 Å². The van der Waals surface area contributed by atoms with Gasteiger partial charge in [0.2, 0.25) is 4.24 Å². The van der Waals surface area contributed by atoms with Crippen LogP contribution >= 0.6 is 35.3 Å². The summed E-state index contributed by atoms with van der Waals surface area (Å²) in [7, 11) is -5.75. The molecule has 1 aromatic rings. The van der Waals surface area contributed by atoms with Gasteiger partial charge < -0.3 is 22.0 Å². The Labute approximate surface area is 159 Å². The van der Waals surface area contributed by atoms with Crippen LogP contribution in [0.4, 0.5) is 17.3 Å². The molecule has 0 amide bonds. The molecule has 25 heavy (non-hydrogen) atoms. The third-order valence-electron chi connectivity index (χ3n) is 3.39. The quantitative estimate of drug-likeness (QED) is 0.310. The Morgan fingerprint density at radius 3 is 2.44 bits per heavy atom. The maximum atomic E-state index is 9.75. The molecule has 3 aliphatic heterocycles. The van der Waals surface area contributed by atoms with Crippen LogP contribution in [0.1, 0.15) is 11.5 Å². The fourth-order valence-corrected chi connectivity index (χ4v) is 8.72. The number of para-hydroxylation sites is 1. The SMILES string of the molecule is C1=CSC(=C2SC=C[S+]2CC2COc3ccccc32)S1.F[B-](F)(F)F. The summed E-state index contributed by atoms with van der Waals surface area (Å²) in [6.07, 6.45) is 0. The molecule has 0 spiro atoms. The van der Waals surface area contributed by atoms with Gasteiger partial charge >= 0.3 is 7.25 Å². The first-order valence-corrected chi connectivity index (χ1v) is 11.4. The van der Waals surface area contributed by atoms with Crippen LogP contribution < -0.4 is 4.74 Å². The highest BCUT2D eigenvalue weighted by atomic mass is 32.2. The second kappa shape index (κ2) is 8.41. The molecule has 0 saturated heterocycles. The Hall–Kier alpha value is -0.575. The molecule has 0 aliphatic carbocycles. The number of thioether (sulfide) groups is 3. The number of ether oxygens (including phenoxy) is 1. The van der Waals surface area contributed by atoms with Crippen LogP contribution in [0.5, 0.6) is 5.75 Å². The van der Waals surface area contributed by atoms with Crippen molar-refractivity contribution in [3.63, 3.8) is 0 Å². The van der Waals surface area contributed by atoms with Gasteiger partial charge in [-0.25, -0.2) is 0 Å². The molecule has 10 heteroatoms. The Morgan fingerprint density at radius 2 is 1.72 bits per heavy atom. The van der Waals surface area contributed by atoms with E-state index in [0.717, 1.165) is 12.4 Å². The van der Waals surface area contributed by atoms with Crippen LogP contribution in [0.2, 0.25) is 0 Å². The van der Waals surface area contributed by atoms with Gasteiger partial charge in [-0.2, -0.15) is 0 Å². The second-order valence-corrected chi connectivity index (χ2v) is 10.2. The molecule has 0 bridgehead atoms. The molecular weight excluding hydrogens is 411 g/mol. The summed E-state index contributed by atoms with van der Waals surface area (Å²) in [6, 6.07) is 8.48. The summed E-state index contributed by atoms with van der Waals surface area (Å²) in [5.74, 6) is 2.80. The Balaban J connectivity index is 0.000000324. The standard InChI is InChI=1S/C15H13OS4.BF4/c1-2-4-13-12(3-1)11(9-16-13)10-20-8-7-19-15(20)14-17-5-6-18-14;2-1(3,4)5/h1-8,11H,9-10H2;/q+1;-1. The van der Waals surface area contributed by atoms with Crippen molar-refractivity contribution in [2.24, 2.45) is 0 Å². The predicted molar refractivity (Wildman–Crippen MR) is 105 cm³/mol. The molecule has 4 rings (SSSR count). The molecule has 0 saturated carbocycles. The maximum absolute atomic E-state index is 9.75. The number of rotatable bonds is 2. The van der Waals surface area contributed by atoms with Crippen LogP contribution in [-0.2, 0) is 10.9 Å². The number of benzene rings is 1. The van der Waals surface area contributed by atoms with E-state index in [0.29, 0.717) is 5.92 Å².